The standard InChI is InChI=1S/C13H17ClN4/c1-3-18(2)9-8-15-13-11-7-5-4-6-10(11)12(14)16-17-13/h4-7H,3,8-9H2,1-2H3,(H,15,17). The van der Waals surface area contributed by atoms with Gasteiger partial charge in [-0.2, -0.15) is 0 Å². The van der Waals surface area contributed by atoms with Crippen LogP contribution in [0.3, 0.4) is 0 Å². The van der Waals surface area contributed by atoms with Gasteiger partial charge in [-0.3, -0.25) is 0 Å². The van der Waals surface area contributed by atoms with Crippen molar-refractivity contribution in [1.82, 2.24) is 15.1 Å². The minimum Gasteiger partial charge on any atom is -0.367 e. The average molecular weight is 265 g/mol. The zero-order valence-corrected chi connectivity index (χ0v) is 11.4. The highest BCUT2D eigenvalue weighted by atomic mass is 35.5. The molecule has 0 spiro atoms. The highest BCUT2D eigenvalue weighted by Gasteiger charge is 2.06. The molecule has 0 saturated heterocycles. The van der Waals surface area contributed by atoms with Gasteiger partial charge in [0.2, 0.25) is 0 Å². The molecule has 0 aliphatic carbocycles. The Morgan fingerprint density at radius 1 is 1.22 bits per heavy atom. The van der Waals surface area contributed by atoms with Crippen molar-refractivity contribution in [1.29, 1.82) is 0 Å². The number of likely N-dealkylation sites (N-methyl/N-ethyl adjacent to an activating group) is 1. The molecule has 0 atom stereocenters. The molecule has 1 heterocycles. The van der Waals surface area contributed by atoms with Crippen molar-refractivity contribution < 1.29 is 0 Å². The maximum atomic E-state index is 6.03. The van der Waals surface area contributed by atoms with E-state index in [9.17, 15) is 0 Å². The summed E-state index contributed by atoms with van der Waals surface area (Å²) >= 11 is 6.03. The van der Waals surface area contributed by atoms with E-state index in [2.05, 4.69) is 34.4 Å². The van der Waals surface area contributed by atoms with Crippen LogP contribution in [0.1, 0.15) is 6.92 Å². The van der Waals surface area contributed by atoms with E-state index in [1.54, 1.807) is 0 Å². The van der Waals surface area contributed by atoms with Crippen molar-refractivity contribution in [3.05, 3.63) is 29.4 Å². The Balaban J connectivity index is 2.16. The molecule has 2 rings (SSSR count). The van der Waals surface area contributed by atoms with Crippen LogP contribution in [0, 0.1) is 0 Å². The van der Waals surface area contributed by atoms with Crippen LogP contribution in [0.25, 0.3) is 10.8 Å². The molecule has 0 amide bonds. The van der Waals surface area contributed by atoms with E-state index < -0.39 is 0 Å². The molecule has 96 valence electrons. The first kappa shape index (κ1) is 13.1. The van der Waals surface area contributed by atoms with Crippen molar-refractivity contribution >= 4 is 28.2 Å². The predicted molar refractivity (Wildman–Crippen MR) is 76.2 cm³/mol. The summed E-state index contributed by atoms with van der Waals surface area (Å²) in [6, 6.07) is 7.88. The van der Waals surface area contributed by atoms with Crippen molar-refractivity contribution in [2.45, 2.75) is 6.92 Å². The molecule has 4 nitrogen and oxygen atoms in total. The highest BCUT2D eigenvalue weighted by Crippen LogP contribution is 2.25. The summed E-state index contributed by atoms with van der Waals surface area (Å²) in [6.45, 7) is 4.98. The zero-order chi connectivity index (χ0) is 13.0. The zero-order valence-electron chi connectivity index (χ0n) is 10.7. The topological polar surface area (TPSA) is 41.0 Å². The van der Waals surface area contributed by atoms with Crippen molar-refractivity contribution in [3.8, 4) is 0 Å². The van der Waals surface area contributed by atoms with Gasteiger partial charge < -0.3 is 10.2 Å². The molecule has 1 aromatic heterocycles. The second-order valence-electron chi connectivity index (χ2n) is 4.21. The Hall–Kier alpha value is -1.39. The van der Waals surface area contributed by atoms with Crippen molar-refractivity contribution in [2.75, 3.05) is 32.0 Å². The van der Waals surface area contributed by atoms with E-state index in [1.165, 1.54) is 0 Å². The fourth-order valence-corrected chi connectivity index (χ4v) is 1.93. The Bertz CT molecular complexity index is 529. The lowest BCUT2D eigenvalue weighted by Crippen LogP contribution is -2.25. The normalized spacial score (nSPS) is 11.1. The van der Waals surface area contributed by atoms with Crippen molar-refractivity contribution in [2.24, 2.45) is 0 Å². The fourth-order valence-electron chi connectivity index (χ4n) is 1.72. The number of aromatic nitrogens is 2. The van der Waals surface area contributed by atoms with Crippen LogP contribution in [-0.2, 0) is 0 Å². The van der Waals surface area contributed by atoms with Gasteiger partial charge in [-0.05, 0) is 13.6 Å². The first-order valence-corrected chi connectivity index (χ1v) is 6.43. The molecule has 0 aliphatic rings. The lowest BCUT2D eigenvalue weighted by molar-refractivity contribution is 0.367. The molecule has 0 bridgehead atoms. The smallest absolute Gasteiger partial charge is 0.159 e. The second-order valence-corrected chi connectivity index (χ2v) is 4.57. The molecular weight excluding hydrogens is 248 g/mol. The third-order valence-electron chi connectivity index (χ3n) is 2.97. The first-order chi connectivity index (χ1) is 8.72. The molecular formula is C13H17ClN4. The Morgan fingerprint density at radius 2 is 1.94 bits per heavy atom. The van der Waals surface area contributed by atoms with Gasteiger partial charge in [-0.25, -0.2) is 0 Å². The van der Waals surface area contributed by atoms with Crippen LogP contribution in [0.2, 0.25) is 5.15 Å². The number of nitrogens with one attached hydrogen (secondary N) is 1. The van der Waals surface area contributed by atoms with E-state index in [1.807, 2.05) is 24.3 Å². The number of benzene rings is 1. The largest absolute Gasteiger partial charge is 0.367 e. The molecule has 5 heteroatoms. The maximum absolute atomic E-state index is 6.03. The van der Waals surface area contributed by atoms with Crippen LogP contribution in [0.15, 0.2) is 24.3 Å². The fraction of sp³-hybridized carbons (Fsp3) is 0.385. The quantitative estimate of drug-likeness (QED) is 0.901. The van der Waals surface area contributed by atoms with Gasteiger partial charge in [0.15, 0.2) is 11.0 Å². The number of hydrogen-bond donors (Lipinski definition) is 1. The van der Waals surface area contributed by atoms with E-state index in [0.29, 0.717) is 5.15 Å². The van der Waals surface area contributed by atoms with E-state index in [-0.39, 0.29) is 0 Å². The average Bonchev–Trinajstić information content (AvgIpc) is 2.41. The van der Waals surface area contributed by atoms with Gasteiger partial charge in [-0.15, -0.1) is 10.2 Å². The van der Waals surface area contributed by atoms with E-state index in [4.69, 9.17) is 11.6 Å². The highest BCUT2D eigenvalue weighted by molar-refractivity contribution is 6.34. The summed E-state index contributed by atoms with van der Waals surface area (Å²) in [5.41, 5.74) is 0. The summed E-state index contributed by atoms with van der Waals surface area (Å²) in [6.07, 6.45) is 0. The van der Waals surface area contributed by atoms with Crippen LogP contribution in [-0.4, -0.2) is 41.8 Å². The maximum Gasteiger partial charge on any atom is 0.159 e. The number of rotatable bonds is 5. The van der Waals surface area contributed by atoms with Crippen LogP contribution < -0.4 is 5.32 Å². The number of halogens is 1. The predicted octanol–water partition coefficient (Wildman–Crippen LogP) is 2.65. The van der Waals surface area contributed by atoms with Gasteiger partial charge in [0, 0.05) is 23.9 Å². The van der Waals surface area contributed by atoms with Gasteiger partial charge in [-0.1, -0.05) is 42.8 Å². The minimum atomic E-state index is 0.446. The lowest BCUT2D eigenvalue weighted by atomic mass is 10.2. The second kappa shape index (κ2) is 5.98. The molecule has 1 aromatic carbocycles. The molecule has 0 fully saturated rings. The van der Waals surface area contributed by atoms with E-state index >= 15 is 0 Å². The number of anilines is 1. The van der Waals surface area contributed by atoms with Gasteiger partial charge in [0.25, 0.3) is 0 Å². The number of nitrogens with zero attached hydrogens (tertiary/aromatic N) is 3. The summed E-state index contributed by atoms with van der Waals surface area (Å²) in [5.74, 6) is 0.791. The molecule has 2 aromatic rings. The summed E-state index contributed by atoms with van der Waals surface area (Å²) in [4.78, 5) is 2.23. The van der Waals surface area contributed by atoms with Crippen LogP contribution >= 0.6 is 11.6 Å². The summed E-state index contributed by atoms with van der Waals surface area (Å²) < 4.78 is 0. The number of hydrogen-bond acceptors (Lipinski definition) is 4. The Kier molecular flexibility index (Phi) is 4.33. The van der Waals surface area contributed by atoms with Crippen LogP contribution in [0.4, 0.5) is 5.82 Å². The molecule has 0 saturated carbocycles. The van der Waals surface area contributed by atoms with Gasteiger partial charge in [0.1, 0.15) is 0 Å². The molecule has 18 heavy (non-hydrogen) atoms. The van der Waals surface area contributed by atoms with E-state index in [0.717, 1.165) is 36.2 Å². The summed E-state index contributed by atoms with van der Waals surface area (Å²) in [5, 5.41) is 13.8. The number of fused-ring (bicyclic) bond motifs is 1. The minimum absolute atomic E-state index is 0.446. The van der Waals surface area contributed by atoms with Crippen molar-refractivity contribution in [3.63, 3.8) is 0 Å². The SMILES string of the molecule is CCN(C)CCNc1nnc(Cl)c2ccccc12. The third kappa shape index (κ3) is 2.89. The Labute approximate surface area is 112 Å². The Morgan fingerprint density at radius 3 is 2.67 bits per heavy atom. The van der Waals surface area contributed by atoms with Crippen LogP contribution in [0.5, 0.6) is 0 Å². The third-order valence-corrected chi connectivity index (χ3v) is 3.25. The van der Waals surface area contributed by atoms with Gasteiger partial charge in [0.05, 0.1) is 0 Å². The summed E-state index contributed by atoms with van der Waals surface area (Å²) in [7, 11) is 2.09. The molecule has 0 unspecified atom stereocenters. The monoisotopic (exact) mass is 264 g/mol. The lowest BCUT2D eigenvalue weighted by Gasteiger charge is -2.14. The first-order valence-electron chi connectivity index (χ1n) is 6.05. The molecule has 0 aliphatic heterocycles. The molecule has 1 N–H and O–H groups in total. The van der Waals surface area contributed by atoms with Gasteiger partial charge >= 0.3 is 0 Å². The molecule has 0 radical (unpaired) electrons.